The van der Waals surface area contributed by atoms with Crippen molar-refractivity contribution in [3.63, 3.8) is 0 Å². The van der Waals surface area contributed by atoms with Crippen molar-refractivity contribution in [1.29, 1.82) is 0 Å². The fourth-order valence-corrected chi connectivity index (χ4v) is 4.97. The lowest BCUT2D eigenvalue weighted by atomic mass is 10.0. The summed E-state index contributed by atoms with van der Waals surface area (Å²) in [6.07, 6.45) is 6.59. The zero-order valence-electron chi connectivity index (χ0n) is 24.1. The first-order valence-electron chi connectivity index (χ1n) is 13.9. The largest absolute Gasteiger partial charge is 0.471 e. The lowest BCUT2D eigenvalue weighted by molar-refractivity contribution is -0.000391. The third-order valence-corrected chi connectivity index (χ3v) is 7.23. The topological polar surface area (TPSA) is 125 Å². The molecule has 43 heavy (non-hydrogen) atoms. The summed E-state index contributed by atoms with van der Waals surface area (Å²) in [5.41, 5.74) is 0.895. The van der Waals surface area contributed by atoms with Crippen molar-refractivity contribution < 1.29 is 32.6 Å². The fourth-order valence-electron chi connectivity index (χ4n) is 4.97. The number of hydrogen-bond donors (Lipinski definition) is 1. The summed E-state index contributed by atoms with van der Waals surface area (Å²) < 4.78 is 49.9. The van der Waals surface area contributed by atoms with Crippen molar-refractivity contribution in [3.8, 4) is 28.1 Å². The molecule has 226 valence electrons. The lowest BCUT2D eigenvalue weighted by Gasteiger charge is -2.39. The van der Waals surface area contributed by atoms with Gasteiger partial charge in [-0.3, -0.25) is 9.48 Å². The van der Waals surface area contributed by atoms with E-state index in [4.69, 9.17) is 19.2 Å². The van der Waals surface area contributed by atoms with E-state index in [0.29, 0.717) is 43.9 Å². The molecule has 0 bridgehead atoms. The van der Waals surface area contributed by atoms with E-state index in [2.05, 4.69) is 15.5 Å². The van der Waals surface area contributed by atoms with Crippen LogP contribution in [0.5, 0.6) is 5.88 Å². The maximum Gasteiger partial charge on any atom is 0.410 e. The Morgan fingerprint density at radius 1 is 1.07 bits per heavy atom. The van der Waals surface area contributed by atoms with Crippen LogP contribution in [0.2, 0.25) is 0 Å². The number of rotatable bonds is 6. The fraction of sp³-hybridized carbons (Fsp3) is 0.414. The predicted molar refractivity (Wildman–Crippen MR) is 150 cm³/mol. The molecule has 5 heterocycles. The van der Waals surface area contributed by atoms with E-state index in [1.54, 1.807) is 22.0 Å². The minimum Gasteiger partial charge on any atom is -0.471 e. The van der Waals surface area contributed by atoms with E-state index < -0.39 is 23.1 Å². The molecular formula is C29H31F2N7O5. The zero-order valence-corrected chi connectivity index (χ0v) is 24.1. The Morgan fingerprint density at radius 2 is 1.86 bits per heavy atom. The Labute approximate surface area is 245 Å². The van der Waals surface area contributed by atoms with Crippen LogP contribution in [-0.2, 0) is 9.47 Å². The number of likely N-dealkylation sites (tertiary alicyclic amines) is 1. The van der Waals surface area contributed by atoms with Crippen molar-refractivity contribution >= 4 is 17.6 Å². The molecule has 1 N–H and O–H groups in total. The van der Waals surface area contributed by atoms with Crippen molar-refractivity contribution in [2.75, 3.05) is 33.4 Å². The molecule has 1 atom stereocenters. The molecule has 0 unspecified atom stereocenters. The molecule has 14 heteroatoms. The molecule has 0 aliphatic carbocycles. The molecule has 1 aromatic carbocycles. The Bertz CT molecular complexity index is 1700. The third kappa shape index (κ3) is 5.61. The van der Waals surface area contributed by atoms with E-state index in [-0.39, 0.29) is 46.5 Å². The van der Waals surface area contributed by atoms with Crippen LogP contribution in [0.25, 0.3) is 27.9 Å². The van der Waals surface area contributed by atoms with Crippen LogP contribution < -0.4 is 10.1 Å². The number of hydrogen-bond acceptors (Lipinski definition) is 8. The normalized spacial score (nSPS) is 17.3. The van der Waals surface area contributed by atoms with Crippen LogP contribution in [0.3, 0.4) is 0 Å². The first kappa shape index (κ1) is 28.5. The van der Waals surface area contributed by atoms with Gasteiger partial charge in [0.2, 0.25) is 5.88 Å². The van der Waals surface area contributed by atoms with Gasteiger partial charge in [-0.15, -0.1) is 0 Å². The molecule has 2 aliphatic heterocycles. The first-order chi connectivity index (χ1) is 20.5. The summed E-state index contributed by atoms with van der Waals surface area (Å²) in [6.45, 7) is 7.31. The van der Waals surface area contributed by atoms with Gasteiger partial charge in [-0.05, 0) is 32.9 Å². The van der Waals surface area contributed by atoms with Crippen LogP contribution in [0.1, 0.15) is 43.6 Å². The summed E-state index contributed by atoms with van der Waals surface area (Å²) in [6, 6.07) is 2.07. The number of ether oxygens (including phenoxy) is 3. The quantitative estimate of drug-likeness (QED) is 0.356. The van der Waals surface area contributed by atoms with E-state index in [0.717, 1.165) is 6.07 Å². The van der Waals surface area contributed by atoms with E-state index in [9.17, 15) is 14.0 Å². The summed E-state index contributed by atoms with van der Waals surface area (Å²) in [5.74, 6) is -2.60. The molecule has 12 nitrogen and oxygen atoms in total. The Kier molecular flexibility index (Phi) is 7.24. The van der Waals surface area contributed by atoms with Crippen LogP contribution in [0, 0.1) is 11.6 Å². The van der Waals surface area contributed by atoms with Crippen LogP contribution >= 0.6 is 0 Å². The second kappa shape index (κ2) is 10.9. The molecule has 4 aromatic rings. The van der Waals surface area contributed by atoms with E-state index >= 15 is 4.39 Å². The number of aromatic nitrogens is 5. The van der Waals surface area contributed by atoms with Crippen LogP contribution in [0.4, 0.5) is 13.6 Å². The average molecular weight is 596 g/mol. The van der Waals surface area contributed by atoms with Gasteiger partial charge < -0.3 is 24.4 Å². The van der Waals surface area contributed by atoms with Gasteiger partial charge in [0.1, 0.15) is 11.7 Å². The van der Waals surface area contributed by atoms with E-state index in [1.807, 2.05) is 27.0 Å². The van der Waals surface area contributed by atoms with Gasteiger partial charge in [0.25, 0.3) is 5.91 Å². The average Bonchev–Trinajstić information content (AvgIpc) is 3.69. The smallest absolute Gasteiger partial charge is 0.410 e. The number of nitrogens with one attached hydrogen (secondary N) is 1. The highest BCUT2D eigenvalue weighted by Gasteiger charge is 2.35. The van der Waals surface area contributed by atoms with Gasteiger partial charge in [-0.1, -0.05) is 0 Å². The number of carbonyl (C=O) groups is 2. The van der Waals surface area contributed by atoms with Gasteiger partial charge in [0.15, 0.2) is 17.3 Å². The molecule has 2 aliphatic rings. The molecule has 3 aromatic heterocycles. The minimum atomic E-state index is -1.17. The van der Waals surface area contributed by atoms with Gasteiger partial charge in [-0.25, -0.2) is 18.1 Å². The molecule has 2 amide bonds. The van der Waals surface area contributed by atoms with Gasteiger partial charge in [0, 0.05) is 61.2 Å². The molecule has 0 saturated carbocycles. The Hall–Kier alpha value is -4.59. The standard InChI is InChI=1S/C29H31F2N7O5/c1-29(2,3)43-28(40)36-12-18(13-36)37-11-17(9-33-37)22-14-38-25(35-27(22)42-19-5-6-41-15-19)21(10-34-38)20-7-16(26(39)32-4)8-23(30)24(20)31/h7-11,14,18-19H,5-6,12-13,15H2,1-4H3,(H,32,39)/t19-/m0/s1. The van der Waals surface area contributed by atoms with Crippen LogP contribution in [-0.4, -0.2) is 86.3 Å². The molecule has 2 fully saturated rings. The summed E-state index contributed by atoms with van der Waals surface area (Å²) in [5, 5.41) is 11.3. The summed E-state index contributed by atoms with van der Waals surface area (Å²) in [4.78, 5) is 30.9. The van der Waals surface area contributed by atoms with E-state index in [1.165, 1.54) is 23.8 Å². The third-order valence-electron chi connectivity index (χ3n) is 7.23. The lowest BCUT2D eigenvalue weighted by Crippen LogP contribution is -2.52. The highest BCUT2D eigenvalue weighted by atomic mass is 19.2. The Morgan fingerprint density at radius 3 is 2.56 bits per heavy atom. The number of fused-ring (bicyclic) bond motifs is 1. The number of benzene rings is 1. The predicted octanol–water partition coefficient (Wildman–Crippen LogP) is 3.86. The molecule has 0 radical (unpaired) electrons. The van der Waals surface area contributed by atoms with Crippen molar-refractivity contribution in [3.05, 3.63) is 54.1 Å². The molecule has 2 saturated heterocycles. The maximum atomic E-state index is 15.0. The summed E-state index contributed by atoms with van der Waals surface area (Å²) in [7, 11) is 1.40. The second-order valence-corrected chi connectivity index (χ2v) is 11.5. The van der Waals surface area contributed by atoms with Crippen molar-refractivity contribution in [2.24, 2.45) is 0 Å². The van der Waals surface area contributed by atoms with Gasteiger partial charge in [-0.2, -0.15) is 15.2 Å². The highest BCUT2D eigenvalue weighted by molar-refractivity contribution is 5.96. The van der Waals surface area contributed by atoms with Gasteiger partial charge in [0.05, 0.1) is 37.2 Å². The Balaban J connectivity index is 1.34. The summed E-state index contributed by atoms with van der Waals surface area (Å²) >= 11 is 0. The monoisotopic (exact) mass is 595 g/mol. The number of carbonyl (C=O) groups excluding carboxylic acids is 2. The number of amides is 2. The maximum absolute atomic E-state index is 15.0. The first-order valence-corrected chi connectivity index (χ1v) is 13.9. The SMILES string of the molecule is CNC(=O)c1cc(F)c(F)c(-c2cnn3cc(-c4cnn(C5CN(C(=O)OC(C)(C)C)C5)c4)c(O[C@H]4CCOC4)nc23)c1. The molecular weight excluding hydrogens is 564 g/mol. The second-order valence-electron chi connectivity index (χ2n) is 11.5. The highest BCUT2D eigenvalue weighted by Crippen LogP contribution is 2.35. The van der Waals surface area contributed by atoms with Crippen molar-refractivity contribution in [2.45, 2.75) is 44.9 Å². The number of nitrogens with zero attached hydrogens (tertiary/aromatic N) is 6. The number of halogens is 2. The van der Waals surface area contributed by atoms with Crippen LogP contribution in [0.15, 0.2) is 36.9 Å². The zero-order chi connectivity index (χ0) is 30.5. The minimum absolute atomic E-state index is 0.0349. The van der Waals surface area contributed by atoms with Crippen molar-refractivity contribution in [1.82, 2.24) is 34.6 Å². The molecule has 6 rings (SSSR count). The van der Waals surface area contributed by atoms with Gasteiger partial charge >= 0.3 is 6.09 Å². The molecule has 0 spiro atoms.